The fourth-order valence-corrected chi connectivity index (χ4v) is 3.13. The van der Waals surface area contributed by atoms with E-state index in [1.165, 1.54) is 17.1 Å². The van der Waals surface area contributed by atoms with E-state index in [-0.39, 0.29) is 35.9 Å². The maximum absolute atomic E-state index is 12.6. The maximum atomic E-state index is 12.6. The molecule has 0 saturated carbocycles. The Morgan fingerprint density at radius 3 is 2.59 bits per heavy atom. The number of aromatic nitrogens is 4. The van der Waals surface area contributed by atoms with Crippen LogP contribution in [0.1, 0.15) is 38.8 Å². The van der Waals surface area contributed by atoms with Crippen molar-refractivity contribution in [3.8, 4) is 0 Å². The van der Waals surface area contributed by atoms with Crippen LogP contribution in [0, 0.1) is 5.41 Å². The van der Waals surface area contributed by atoms with Crippen LogP contribution in [0.15, 0.2) is 47.7 Å². The van der Waals surface area contributed by atoms with E-state index in [1.54, 1.807) is 11.7 Å². The molecule has 1 unspecified atom stereocenters. The Bertz CT molecular complexity index is 999. The summed E-state index contributed by atoms with van der Waals surface area (Å²) in [6.45, 7) is 6.55. The SMILES string of the molecule is Cn1ncc2c(=O)n(CCC(=O)NC(c3ccccc3)C(C)(C)C)cnc21. The molecule has 0 radical (unpaired) electrons. The Labute approximate surface area is 158 Å². The molecule has 0 fully saturated rings. The fourth-order valence-electron chi connectivity index (χ4n) is 3.13. The zero-order valence-corrected chi connectivity index (χ0v) is 16.1. The standard InChI is InChI=1S/C20H25N5O2/c1-20(2,3)17(14-8-6-5-7-9-14)23-16(26)10-11-25-13-21-18-15(19(25)27)12-22-24(18)4/h5-9,12-13,17H,10-11H2,1-4H3,(H,23,26). The van der Waals surface area contributed by atoms with E-state index in [2.05, 4.69) is 36.2 Å². The molecule has 1 N–H and O–H groups in total. The van der Waals surface area contributed by atoms with Crippen molar-refractivity contribution in [2.45, 2.75) is 39.8 Å². The van der Waals surface area contributed by atoms with Gasteiger partial charge in [0.1, 0.15) is 5.39 Å². The number of nitrogens with one attached hydrogen (secondary N) is 1. The number of aryl methyl sites for hydroxylation is 2. The third-order valence-corrected chi connectivity index (χ3v) is 4.60. The Kier molecular flexibility index (Phi) is 5.12. The summed E-state index contributed by atoms with van der Waals surface area (Å²) in [7, 11) is 1.74. The second-order valence-corrected chi connectivity index (χ2v) is 7.78. The van der Waals surface area contributed by atoms with E-state index in [0.29, 0.717) is 11.0 Å². The monoisotopic (exact) mass is 367 g/mol. The number of nitrogens with zero attached hydrogens (tertiary/aromatic N) is 4. The molecule has 0 aliphatic heterocycles. The maximum Gasteiger partial charge on any atom is 0.264 e. The number of carbonyl (C=O) groups excluding carboxylic acids is 1. The summed E-state index contributed by atoms with van der Waals surface area (Å²) < 4.78 is 3.01. The first kappa shape index (κ1) is 18.8. The minimum Gasteiger partial charge on any atom is -0.349 e. The quantitative estimate of drug-likeness (QED) is 0.751. The van der Waals surface area contributed by atoms with Crippen molar-refractivity contribution in [1.82, 2.24) is 24.6 Å². The highest BCUT2D eigenvalue weighted by Crippen LogP contribution is 2.32. The van der Waals surface area contributed by atoms with Crippen LogP contribution in [0.5, 0.6) is 0 Å². The minimum absolute atomic E-state index is 0.100. The van der Waals surface area contributed by atoms with Crippen LogP contribution in [0.4, 0.5) is 0 Å². The van der Waals surface area contributed by atoms with Gasteiger partial charge in [-0.05, 0) is 11.0 Å². The summed E-state index contributed by atoms with van der Waals surface area (Å²) in [5.74, 6) is -0.100. The highest BCUT2D eigenvalue weighted by atomic mass is 16.2. The molecule has 7 nitrogen and oxygen atoms in total. The van der Waals surface area contributed by atoms with Crippen LogP contribution < -0.4 is 10.9 Å². The molecule has 142 valence electrons. The highest BCUT2D eigenvalue weighted by Gasteiger charge is 2.27. The molecule has 0 saturated heterocycles. The average Bonchev–Trinajstić information content (AvgIpc) is 3.01. The summed E-state index contributed by atoms with van der Waals surface area (Å²) in [5, 5.41) is 7.62. The molecular formula is C20H25N5O2. The van der Waals surface area contributed by atoms with Crippen LogP contribution >= 0.6 is 0 Å². The smallest absolute Gasteiger partial charge is 0.264 e. The van der Waals surface area contributed by atoms with Crippen molar-refractivity contribution >= 4 is 16.9 Å². The van der Waals surface area contributed by atoms with Crippen molar-refractivity contribution in [3.05, 3.63) is 58.8 Å². The average molecular weight is 367 g/mol. The Morgan fingerprint density at radius 1 is 1.22 bits per heavy atom. The van der Waals surface area contributed by atoms with Gasteiger partial charge in [-0.3, -0.25) is 18.8 Å². The highest BCUT2D eigenvalue weighted by molar-refractivity contribution is 5.76. The Hall–Kier alpha value is -2.96. The van der Waals surface area contributed by atoms with Crippen molar-refractivity contribution in [2.75, 3.05) is 0 Å². The lowest BCUT2D eigenvalue weighted by Crippen LogP contribution is -2.37. The Morgan fingerprint density at radius 2 is 1.93 bits per heavy atom. The summed E-state index contributed by atoms with van der Waals surface area (Å²) in [6.07, 6.45) is 3.18. The summed E-state index contributed by atoms with van der Waals surface area (Å²) in [4.78, 5) is 29.3. The molecule has 1 aromatic carbocycles. The number of fused-ring (bicyclic) bond motifs is 1. The molecule has 0 spiro atoms. The molecule has 3 rings (SSSR count). The topological polar surface area (TPSA) is 81.8 Å². The first-order chi connectivity index (χ1) is 12.8. The molecule has 3 aromatic rings. The zero-order chi connectivity index (χ0) is 19.6. The fraction of sp³-hybridized carbons (Fsp3) is 0.400. The van der Waals surface area contributed by atoms with Crippen LogP contribution in [-0.4, -0.2) is 25.2 Å². The molecule has 2 aromatic heterocycles. The van der Waals surface area contributed by atoms with E-state index in [4.69, 9.17) is 0 Å². The molecule has 0 aliphatic carbocycles. The summed E-state index contributed by atoms with van der Waals surface area (Å²) in [5.41, 5.74) is 1.28. The van der Waals surface area contributed by atoms with Gasteiger partial charge in [0.25, 0.3) is 5.56 Å². The van der Waals surface area contributed by atoms with Crippen molar-refractivity contribution < 1.29 is 4.79 Å². The van der Waals surface area contributed by atoms with Gasteiger partial charge in [-0.25, -0.2) is 4.98 Å². The third-order valence-electron chi connectivity index (χ3n) is 4.60. The summed E-state index contributed by atoms with van der Waals surface area (Å²) >= 11 is 0. The van der Waals surface area contributed by atoms with E-state index < -0.39 is 0 Å². The lowest BCUT2D eigenvalue weighted by molar-refractivity contribution is -0.122. The van der Waals surface area contributed by atoms with E-state index in [1.807, 2.05) is 30.3 Å². The number of hydrogen-bond acceptors (Lipinski definition) is 4. The van der Waals surface area contributed by atoms with Gasteiger partial charge >= 0.3 is 0 Å². The van der Waals surface area contributed by atoms with Crippen LogP contribution in [0.2, 0.25) is 0 Å². The van der Waals surface area contributed by atoms with Gasteiger partial charge in [0, 0.05) is 20.0 Å². The summed E-state index contributed by atoms with van der Waals surface area (Å²) in [6, 6.07) is 9.81. The van der Waals surface area contributed by atoms with E-state index in [0.717, 1.165) is 5.56 Å². The number of amides is 1. The molecule has 0 aliphatic rings. The second kappa shape index (κ2) is 7.34. The van der Waals surface area contributed by atoms with E-state index in [9.17, 15) is 9.59 Å². The van der Waals surface area contributed by atoms with Gasteiger partial charge in [0.2, 0.25) is 5.91 Å². The largest absolute Gasteiger partial charge is 0.349 e. The molecule has 1 atom stereocenters. The predicted molar refractivity (Wildman–Crippen MR) is 104 cm³/mol. The van der Waals surface area contributed by atoms with Gasteiger partial charge in [0.15, 0.2) is 5.65 Å². The normalized spacial score (nSPS) is 12.9. The third kappa shape index (κ3) is 4.07. The van der Waals surface area contributed by atoms with Gasteiger partial charge in [-0.2, -0.15) is 5.10 Å². The minimum atomic E-state index is -0.184. The molecule has 0 bridgehead atoms. The first-order valence-electron chi connectivity index (χ1n) is 8.99. The van der Waals surface area contributed by atoms with Crippen LogP contribution in [0.25, 0.3) is 11.0 Å². The van der Waals surface area contributed by atoms with Gasteiger partial charge < -0.3 is 5.32 Å². The van der Waals surface area contributed by atoms with Gasteiger partial charge in [-0.15, -0.1) is 0 Å². The lowest BCUT2D eigenvalue weighted by atomic mass is 9.82. The first-order valence-corrected chi connectivity index (χ1v) is 8.99. The molecule has 7 heteroatoms. The second-order valence-electron chi connectivity index (χ2n) is 7.78. The molecule has 1 amide bonds. The predicted octanol–water partition coefficient (Wildman–Crippen LogP) is 2.42. The zero-order valence-electron chi connectivity index (χ0n) is 16.1. The van der Waals surface area contributed by atoms with Crippen LogP contribution in [-0.2, 0) is 18.4 Å². The van der Waals surface area contributed by atoms with Crippen molar-refractivity contribution in [3.63, 3.8) is 0 Å². The Balaban J connectivity index is 1.72. The number of benzene rings is 1. The molecule has 2 heterocycles. The van der Waals surface area contributed by atoms with Crippen molar-refractivity contribution in [1.29, 1.82) is 0 Å². The molecular weight excluding hydrogens is 342 g/mol. The van der Waals surface area contributed by atoms with Crippen LogP contribution in [0.3, 0.4) is 0 Å². The molecule has 27 heavy (non-hydrogen) atoms. The van der Waals surface area contributed by atoms with Crippen molar-refractivity contribution in [2.24, 2.45) is 12.5 Å². The number of hydrogen-bond donors (Lipinski definition) is 1. The van der Waals surface area contributed by atoms with Gasteiger partial charge in [-0.1, -0.05) is 51.1 Å². The van der Waals surface area contributed by atoms with E-state index >= 15 is 0 Å². The van der Waals surface area contributed by atoms with Gasteiger partial charge in [0.05, 0.1) is 18.6 Å². The number of carbonyl (C=O) groups is 1. The number of rotatable bonds is 5. The lowest BCUT2D eigenvalue weighted by Gasteiger charge is -2.32.